The Kier molecular flexibility index (Phi) is 10.1. The molecule has 222 valence electrons. The van der Waals surface area contributed by atoms with Gasteiger partial charge in [0.1, 0.15) is 18.4 Å². The van der Waals surface area contributed by atoms with Gasteiger partial charge in [-0.25, -0.2) is 4.99 Å². The lowest BCUT2D eigenvalue weighted by atomic mass is 9.99. The Labute approximate surface area is 249 Å². The molecule has 0 bridgehead atoms. The molecule has 2 aliphatic heterocycles. The van der Waals surface area contributed by atoms with E-state index in [0.717, 1.165) is 37.4 Å². The third-order valence-corrected chi connectivity index (χ3v) is 7.75. The van der Waals surface area contributed by atoms with E-state index < -0.39 is 59.6 Å². The van der Waals surface area contributed by atoms with E-state index in [0.29, 0.717) is 5.69 Å². The second-order valence-electron chi connectivity index (χ2n) is 9.10. The zero-order valence-electron chi connectivity index (χ0n) is 23.1. The number of anilines is 1. The smallest absolute Gasteiger partial charge is 0.303 e. The van der Waals surface area contributed by atoms with Crippen LogP contribution in [0.15, 0.2) is 58.5 Å². The van der Waals surface area contributed by atoms with Crippen molar-refractivity contribution in [2.24, 2.45) is 4.99 Å². The second kappa shape index (κ2) is 13.8. The number of thioether (sulfide) groups is 1. The topological polar surface area (TPSA) is 147 Å². The van der Waals surface area contributed by atoms with Crippen LogP contribution >= 0.6 is 23.1 Å². The first-order chi connectivity index (χ1) is 20.0. The number of hydrogen-bond donors (Lipinski definition) is 0. The fourth-order valence-electron chi connectivity index (χ4n) is 4.28. The number of ether oxygens (including phenoxy) is 5. The Bertz CT molecular complexity index is 1390. The summed E-state index contributed by atoms with van der Waals surface area (Å²) in [5.74, 6) is -3.23. The molecule has 1 amide bonds. The summed E-state index contributed by atoms with van der Waals surface area (Å²) in [5, 5.41) is 2.06. The molecule has 1 fully saturated rings. The van der Waals surface area contributed by atoms with Gasteiger partial charge in [0.2, 0.25) is 0 Å². The minimum absolute atomic E-state index is 0.162. The molecule has 2 aliphatic rings. The van der Waals surface area contributed by atoms with Gasteiger partial charge < -0.3 is 23.7 Å². The molecule has 1 aromatic heterocycles. The molecule has 12 nitrogen and oxygen atoms in total. The summed E-state index contributed by atoms with van der Waals surface area (Å²) < 4.78 is 27.9. The lowest BCUT2D eigenvalue weighted by molar-refractivity contribution is -0.237. The number of carbonyl (C=O) groups is 5. The summed E-state index contributed by atoms with van der Waals surface area (Å²) in [6, 6.07) is 12.5. The summed E-state index contributed by atoms with van der Waals surface area (Å²) in [7, 11) is 0. The van der Waals surface area contributed by atoms with E-state index in [2.05, 4.69) is 4.99 Å². The number of thiophene rings is 1. The first-order valence-corrected chi connectivity index (χ1v) is 14.5. The molecule has 0 aliphatic carbocycles. The molecule has 0 saturated carbocycles. The molecule has 42 heavy (non-hydrogen) atoms. The third kappa shape index (κ3) is 7.63. The number of benzene rings is 1. The Morgan fingerprint density at radius 3 is 2.14 bits per heavy atom. The largest absolute Gasteiger partial charge is 0.463 e. The van der Waals surface area contributed by atoms with Crippen molar-refractivity contribution in [2.75, 3.05) is 11.5 Å². The van der Waals surface area contributed by atoms with Crippen molar-refractivity contribution < 1.29 is 47.7 Å². The van der Waals surface area contributed by atoms with Crippen molar-refractivity contribution in [3.05, 3.63) is 58.4 Å². The van der Waals surface area contributed by atoms with Gasteiger partial charge in [0.15, 0.2) is 28.9 Å². The van der Waals surface area contributed by atoms with Gasteiger partial charge in [-0.05, 0) is 29.7 Å². The number of hydrogen-bond acceptors (Lipinski definition) is 13. The molecule has 1 aromatic carbocycles. The highest BCUT2D eigenvalue weighted by molar-refractivity contribution is 8.14. The quantitative estimate of drug-likeness (QED) is 0.244. The Morgan fingerprint density at radius 1 is 0.905 bits per heavy atom. The van der Waals surface area contributed by atoms with Crippen molar-refractivity contribution in [3.63, 3.8) is 0 Å². The van der Waals surface area contributed by atoms with E-state index in [1.165, 1.54) is 23.2 Å². The van der Waals surface area contributed by atoms with Crippen LogP contribution in [-0.4, -0.2) is 71.4 Å². The van der Waals surface area contributed by atoms with Gasteiger partial charge in [-0.3, -0.25) is 28.9 Å². The van der Waals surface area contributed by atoms with E-state index >= 15 is 0 Å². The number of rotatable bonds is 8. The molecule has 4 rings (SSSR count). The average molecular weight is 617 g/mol. The molecule has 2 aromatic rings. The van der Waals surface area contributed by atoms with E-state index in [9.17, 15) is 24.0 Å². The van der Waals surface area contributed by atoms with Crippen LogP contribution in [0.25, 0.3) is 6.08 Å². The zero-order valence-corrected chi connectivity index (χ0v) is 24.7. The molecule has 5 atom stereocenters. The van der Waals surface area contributed by atoms with Crippen LogP contribution < -0.4 is 4.90 Å². The van der Waals surface area contributed by atoms with Crippen molar-refractivity contribution in [2.45, 2.75) is 57.5 Å². The van der Waals surface area contributed by atoms with Gasteiger partial charge in [-0.15, -0.1) is 11.3 Å². The predicted octanol–water partition coefficient (Wildman–Crippen LogP) is 3.31. The van der Waals surface area contributed by atoms with Gasteiger partial charge >= 0.3 is 23.9 Å². The number of esters is 4. The molecule has 14 heteroatoms. The molecule has 0 N–H and O–H groups in total. The summed E-state index contributed by atoms with van der Waals surface area (Å²) >= 11 is 2.37. The summed E-state index contributed by atoms with van der Waals surface area (Å²) in [6.45, 7) is 4.28. The maximum absolute atomic E-state index is 13.6. The maximum Gasteiger partial charge on any atom is 0.303 e. The number of amides is 1. The predicted molar refractivity (Wildman–Crippen MR) is 153 cm³/mol. The summed E-state index contributed by atoms with van der Waals surface area (Å²) in [4.78, 5) is 68.4. The van der Waals surface area contributed by atoms with E-state index in [1.807, 2.05) is 17.5 Å². The minimum atomic E-state index is -1.34. The van der Waals surface area contributed by atoms with E-state index in [1.54, 1.807) is 36.4 Å². The highest BCUT2D eigenvalue weighted by Gasteiger charge is 2.53. The van der Waals surface area contributed by atoms with Crippen LogP contribution in [-0.2, 0) is 47.7 Å². The molecule has 1 saturated heterocycles. The SMILES string of the molecule is CC(=O)OC[C@H]1O[C@@H](SC2=N/C(=C\c3cccs3)C(=O)N2c2ccccc2)[C@H](OC(C)=O)[C@@H](OC(C)=O)[C@H]1OC(C)=O. The Hall–Kier alpha value is -4.01. The summed E-state index contributed by atoms with van der Waals surface area (Å²) in [6.07, 6.45) is -3.42. The van der Waals surface area contributed by atoms with E-state index in [4.69, 9.17) is 23.7 Å². The van der Waals surface area contributed by atoms with Gasteiger partial charge in [0.05, 0.1) is 5.69 Å². The highest BCUT2D eigenvalue weighted by atomic mass is 32.2. The molecular formula is C28H28N2O10S2. The first kappa shape index (κ1) is 30.9. The van der Waals surface area contributed by atoms with Crippen molar-refractivity contribution in [1.29, 1.82) is 0 Å². The number of carbonyl (C=O) groups excluding carboxylic acids is 5. The van der Waals surface area contributed by atoms with Crippen LogP contribution in [0.4, 0.5) is 5.69 Å². The maximum atomic E-state index is 13.6. The van der Waals surface area contributed by atoms with Crippen LogP contribution in [0.2, 0.25) is 0 Å². The van der Waals surface area contributed by atoms with Gasteiger partial charge in [-0.1, -0.05) is 36.0 Å². The zero-order chi connectivity index (χ0) is 30.4. The monoisotopic (exact) mass is 616 g/mol. The van der Waals surface area contributed by atoms with Gasteiger partial charge in [0.25, 0.3) is 5.91 Å². The van der Waals surface area contributed by atoms with E-state index in [-0.39, 0.29) is 17.5 Å². The second-order valence-corrected chi connectivity index (χ2v) is 11.1. The lowest BCUT2D eigenvalue weighted by Crippen LogP contribution is -2.61. The number of para-hydroxylation sites is 1. The summed E-state index contributed by atoms with van der Waals surface area (Å²) in [5.41, 5.74) is -0.465. The highest BCUT2D eigenvalue weighted by Crippen LogP contribution is 2.38. The van der Waals surface area contributed by atoms with Crippen LogP contribution in [0.1, 0.15) is 32.6 Å². The fraction of sp³-hybridized carbons (Fsp3) is 0.357. The van der Waals surface area contributed by atoms with Crippen LogP contribution in [0, 0.1) is 0 Å². The number of aliphatic imine (C=N–C) groups is 1. The molecule has 0 unspecified atom stereocenters. The Balaban J connectivity index is 1.77. The normalized spacial score (nSPS) is 24.6. The average Bonchev–Trinajstić information content (AvgIpc) is 3.54. The molecular weight excluding hydrogens is 588 g/mol. The molecule has 0 spiro atoms. The fourth-order valence-corrected chi connectivity index (χ4v) is 6.12. The molecule has 3 heterocycles. The van der Waals surface area contributed by atoms with Gasteiger partial charge in [-0.2, -0.15) is 0 Å². The molecule has 0 radical (unpaired) electrons. The number of nitrogens with zero attached hydrogens (tertiary/aromatic N) is 2. The van der Waals surface area contributed by atoms with Crippen LogP contribution in [0.5, 0.6) is 0 Å². The Morgan fingerprint density at radius 2 is 1.55 bits per heavy atom. The first-order valence-electron chi connectivity index (χ1n) is 12.7. The lowest BCUT2D eigenvalue weighted by Gasteiger charge is -2.44. The van der Waals surface area contributed by atoms with Crippen molar-refractivity contribution in [1.82, 2.24) is 0 Å². The van der Waals surface area contributed by atoms with Crippen molar-refractivity contribution >= 4 is 69.8 Å². The minimum Gasteiger partial charge on any atom is -0.463 e. The van der Waals surface area contributed by atoms with Crippen LogP contribution in [0.3, 0.4) is 0 Å². The standard InChI is InChI=1S/C28H28N2O10S2/c1-15(31)36-14-22-23(37-16(2)32)24(38-17(3)33)25(39-18(4)34)27(40-22)42-28-29-21(13-20-11-8-12-41-20)26(35)30(28)19-9-6-5-7-10-19/h5-13,22-25,27H,14H2,1-4H3/b21-13-/t22-,23+,24+,25-,27+/m1/s1. The van der Waals surface area contributed by atoms with Crippen molar-refractivity contribution in [3.8, 4) is 0 Å². The van der Waals surface area contributed by atoms with Gasteiger partial charge in [0, 0.05) is 32.6 Å². The number of amidine groups is 1. The third-order valence-electron chi connectivity index (χ3n) is 5.84.